The van der Waals surface area contributed by atoms with Crippen LogP contribution in [-0.2, 0) is 32.6 Å². The molecule has 0 spiro atoms. The predicted molar refractivity (Wildman–Crippen MR) is 182 cm³/mol. The van der Waals surface area contributed by atoms with E-state index >= 15 is 0 Å². The van der Waals surface area contributed by atoms with Crippen molar-refractivity contribution in [3.05, 3.63) is 112 Å². The van der Waals surface area contributed by atoms with Crippen LogP contribution in [-0.4, -0.2) is 50.0 Å². The number of hydrogen-bond donors (Lipinski definition) is 1. The molecule has 5 rings (SSSR count). The predicted octanol–water partition coefficient (Wildman–Crippen LogP) is 7.00. The van der Waals surface area contributed by atoms with Gasteiger partial charge in [-0.3, -0.25) is 13.9 Å². The van der Waals surface area contributed by atoms with Crippen LogP contribution in [0.15, 0.2) is 91.0 Å². The first-order chi connectivity index (χ1) is 21.6. The summed E-state index contributed by atoms with van der Waals surface area (Å²) < 4.78 is 27.7. The molecule has 0 unspecified atom stereocenters. The highest BCUT2D eigenvalue weighted by Gasteiger charge is 2.35. The lowest BCUT2D eigenvalue weighted by atomic mass is 9.94. The largest absolute Gasteiger partial charge is 0.352 e. The van der Waals surface area contributed by atoms with E-state index in [0.29, 0.717) is 26.7 Å². The zero-order valence-corrected chi connectivity index (χ0v) is 27.5. The molecule has 10 heteroatoms. The van der Waals surface area contributed by atoms with E-state index in [1.54, 1.807) is 30.3 Å². The number of halogens is 2. The fourth-order valence-electron chi connectivity index (χ4n) is 5.97. The first kappa shape index (κ1) is 32.8. The number of amides is 2. The van der Waals surface area contributed by atoms with Gasteiger partial charge in [-0.1, -0.05) is 115 Å². The van der Waals surface area contributed by atoms with Crippen LogP contribution < -0.4 is 9.62 Å². The summed E-state index contributed by atoms with van der Waals surface area (Å²) in [4.78, 5) is 30.1. The minimum absolute atomic E-state index is 0.00794. The average Bonchev–Trinajstić information content (AvgIpc) is 3.03. The van der Waals surface area contributed by atoms with Crippen molar-refractivity contribution in [3.63, 3.8) is 0 Å². The Morgan fingerprint density at radius 3 is 2.16 bits per heavy atom. The standard InChI is InChI=1S/C35H37Cl2N3O4S/c1-45(43,44)40(32-21-10-15-26-14-8-9-18-28(26)32)24-34(41)39(23-29-30(36)19-11-20-31(29)37)33(22-25-12-4-2-5-13-25)35(42)38-27-16-6-3-7-17-27/h2,4-5,8-15,18-21,27,33H,3,6-7,16-17,22-24H2,1H3,(H,38,42)/t33-/m1/s1. The molecule has 1 aliphatic carbocycles. The minimum Gasteiger partial charge on any atom is -0.352 e. The SMILES string of the molecule is CS(=O)(=O)N(CC(=O)N(Cc1c(Cl)cccc1Cl)[C@H](Cc1ccccc1)C(=O)NC1CCCCC1)c1cccc2ccccc12. The minimum atomic E-state index is -3.92. The molecule has 0 radical (unpaired) electrons. The molecule has 1 fully saturated rings. The van der Waals surface area contributed by atoms with E-state index in [1.165, 1.54) is 4.90 Å². The number of nitrogens with zero attached hydrogens (tertiary/aromatic N) is 2. The van der Waals surface area contributed by atoms with Crippen LogP contribution >= 0.6 is 23.2 Å². The Bertz CT molecular complexity index is 1740. The fourth-order valence-corrected chi connectivity index (χ4v) is 7.35. The summed E-state index contributed by atoms with van der Waals surface area (Å²) in [5.41, 5.74) is 1.72. The number of anilines is 1. The second-order valence-electron chi connectivity index (χ2n) is 11.5. The van der Waals surface area contributed by atoms with Gasteiger partial charge in [0.2, 0.25) is 21.8 Å². The maximum atomic E-state index is 14.5. The van der Waals surface area contributed by atoms with Crippen LogP contribution in [0.4, 0.5) is 5.69 Å². The van der Waals surface area contributed by atoms with Crippen LogP contribution in [0.2, 0.25) is 10.0 Å². The molecule has 45 heavy (non-hydrogen) atoms. The zero-order chi connectivity index (χ0) is 32.0. The zero-order valence-electron chi connectivity index (χ0n) is 25.2. The molecule has 4 aromatic carbocycles. The smallest absolute Gasteiger partial charge is 0.244 e. The molecule has 0 heterocycles. The normalized spacial score (nSPS) is 14.6. The molecular weight excluding hydrogens is 629 g/mol. The van der Waals surface area contributed by atoms with E-state index in [0.717, 1.165) is 53.6 Å². The van der Waals surface area contributed by atoms with Gasteiger partial charge in [-0.25, -0.2) is 8.42 Å². The second-order valence-corrected chi connectivity index (χ2v) is 14.3. The second kappa shape index (κ2) is 14.7. The van der Waals surface area contributed by atoms with Crippen molar-refractivity contribution in [2.45, 2.75) is 57.2 Å². The Balaban J connectivity index is 1.57. The van der Waals surface area contributed by atoms with Crippen molar-refractivity contribution in [2.24, 2.45) is 0 Å². The highest BCUT2D eigenvalue weighted by Crippen LogP contribution is 2.31. The van der Waals surface area contributed by atoms with Crippen molar-refractivity contribution >= 4 is 61.5 Å². The van der Waals surface area contributed by atoms with Crippen molar-refractivity contribution in [3.8, 4) is 0 Å². The Hall–Kier alpha value is -3.59. The first-order valence-electron chi connectivity index (χ1n) is 15.1. The third kappa shape index (κ3) is 8.17. The van der Waals surface area contributed by atoms with Crippen LogP contribution in [0.1, 0.15) is 43.2 Å². The molecule has 7 nitrogen and oxygen atoms in total. The number of sulfonamides is 1. The summed E-state index contributed by atoms with van der Waals surface area (Å²) in [6.45, 7) is -0.600. The number of benzene rings is 4. The lowest BCUT2D eigenvalue weighted by Crippen LogP contribution is -2.55. The van der Waals surface area contributed by atoms with Crippen LogP contribution in [0.5, 0.6) is 0 Å². The quantitative estimate of drug-likeness (QED) is 0.187. The molecular formula is C35H37Cl2N3O4S. The molecule has 0 bridgehead atoms. The van der Waals surface area contributed by atoms with Crippen LogP contribution in [0.25, 0.3) is 10.8 Å². The molecule has 0 aliphatic heterocycles. The van der Waals surface area contributed by atoms with E-state index in [2.05, 4.69) is 5.32 Å². The highest BCUT2D eigenvalue weighted by atomic mass is 35.5. The Kier molecular flexibility index (Phi) is 10.7. The van der Waals surface area contributed by atoms with Crippen LogP contribution in [0, 0.1) is 0 Å². The molecule has 1 atom stereocenters. The Labute approximate surface area is 275 Å². The molecule has 0 saturated heterocycles. The number of nitrogens with one attached hydrogen (secondary N) is 1. The number of rotatable bonds is 11. The van der Waals surface area contributed by atoms with Gasteiger partial charge in [0.25, 0.3) is 0 Å². The lowest BCUT2D eigenvalue weighted by Gasteiger charge is -2.35. The van der Waals surface area contributed by atoms with Gasteiger partial charge in [-0.05, 0) is 42.0 Å². The van der Waals surface area contributed by atoms with Crippen molar-refractivity contribution in [2.75, 3.05) is 17.1 Å². The van der Waals surface area contributed by atoms with E-state index in [-0.39, 0.29) is 24.9 Å². The summed E-state index contributed by atoms with van der Waals surface area (Å²) in [5, 5.41) is 5.42. The van der Waals surface area contributed by atoms with Gasteiger partial charge >= 0.3 is 0 Å². The van der Waals surface area contributed by atoms with Crippen molar-refractivity contribution < 1.29 is 18.0 Å². The molecule has 0 aromatic heterocycles. The Morgan fingerprint density at radius 2 is 1.47 bits per heavy atom. The molecule has 1 aliphatic rings. The summed E-state index contributed by atoms with van der Waals surface area (Å²) in [6.07, 6.45) is 6.23. The highest BCUT2D eigenvalue weighted by molar-refractivity contribution is 7.92. The maximum Gasteiger partial charge on any atom is 0.244 e. The van der Waals surface area contributed by atoms with Gasteiger partial charge in [0.05, 0.1) is 11.9 Å². The molecule has 4 aromatic rings. The lowest BCUT2D eigenvalue weighted by molar-refractivity contribution is -0.140. The number of fused-ring (bicyclic) bond motifs is 1. The number of hydrogen-bond acceptors (Lipinski definition) is 4. The molecule has 2 amide bonds. The maximum absolute atomic E-state index is 14.5. The third-order valence-corrected chi connectivity index (χ3v) is 10.2. The Morgan fingerprint density at radius 1 is 0.844 bits per heavy atom. The van der Waals surface area contributed by atoms with Crippen molar-refractivity contribution in [1.29, 1.82) is 0 Å². The van der Waals surface area contributed by atoms with E-state index in [9.17, 15) is 18.0 Å². The topological polar surface area (TPSA) is 86.8 Å². The third-order valence-electron chi connectivity index (χ3n) is 8.33. The summed E-state index contributed by atoms with van der Waals surface area (Å²) in [5.74, 6) is -0.845. The van der Waals surface area contributed by atoms with Crippen molar-refractivity contribution in [1.82, 2.24) is 10.2 Å². The summed E-state index contributed by atoms with van der Waals surface area (Å²) >= 11 is 13.2. The van der Waals surface area contributed by atoms with E-state index < -0.39 is 28.5 Å². The number of carbonyl (C=O) groups excluding carboxylic acids is 2. The van der Waals surface area contributed by atoms with Gasteiger partial charge in [-0.2, -0.15) is 0 Å². The van der Waals surface area contributed by atoms with Gasteiger partial charge in [-0.15, -0.1) is 0 Å². The van der Waals surface area contributed by atoms with Gasteiger partial charge in [0.1, 0.15) is 12.6 Å². The monoisotopic (exact) mass is 665 g/mol. The number of carbonyl (C=O) groups is 2. The van der Waals surface area contributed by atoms with Gasteiger partial charge < -0.3 is 10.2 Å². The van der Waals surface area contributed by atoms with E-state index in [4.69, 9.17) is 23.2 Å². The summed E-state index contributed by atoms with van der Waals surface area (Å²) in [7, 11) is -3.92. The first-order valence-corrected chi connectivity index (χ1v) is 17.7. The molecule has 236 valence electrons. The van der Waals surface area contributed by atoms with Crippen LogP contribution in [0.3, 0.4) is 0 Å². The molecule has 1 N–H and O–H groups in total. The molecule has 1 saturated carbocycles. The van der Waals surface area contributed by atoms with Gasteiger partial charge in [0, 0.05) is 40.0 Å². The average molecular weight is 667 g/mol. The fraction of sp³-hybridized carbons (Fsp3) is 0.314. The summed E-state index contributed by atoms with van der Waals surface area (Å²) in [6, 6.07) is 26.3. The van der Waals surface area contributed by atoms with Gasteiger partial charge in [0.15, 0.2) is 0 Å². The van der Waals surface area contributed by atoms with E-state index in [1.807, 2.05) is 60.7 Å².